The third-order valence-electron chi connectivity index (χ3n) is 4.65. The van der Waals surface area contributed by atoms with Gasteiger partial charge in [0, 0.05) is 6.07 Å². The van der Waals surface area contributed by atoms with Crippen LogP contribution in [0.3, 0.4) is 0 Å². The van der Waals surface area contributed by atoms with Crippen molar-refractivity contribution in [3.8, 4) is 11.5 Å². The molecule has 0 amide bonds. The first kappa shape index (κ1) is 18.7. The Balaban J connectivity index is 1.53. The number of allylic oxidation sites excluding steroid dienone is 1. The molecule has 0 N–H and O–H groups in total. The molecule has 1 aliphatic rings. The number of carbonyl (C=O) groups excluding carboxylic acids is 2. The number of ether oxygens (including phenoxy) is 2. The van der Waals surface area contributed by atoms with E-state index in [1.54, 1.807) is 24.3 Å². The summed E-state index contributed by atoms with van der Waals surface area (Å²) in [5, 5.41) is 0. The van der Waals surface area contributed by atoms with E-state index in [0.717, 1.165) is 5.56 Å². The number of benzene rings is 2. The Bertz CT molecular complexity index is 1100. The molecule has 3 aromatic rings. The van der Waals surface area contributed by atoms with Gasteiger partial charge in [-0.2, -0.15) is 0 Å². The van der Waals surface area contributed by atoms with Crippen molar-refractivity contribution in [3.63, 3.8) is 0 Å². The molecule has 5 heteroatoms. The summed E-state index contributed by atoms with van der Waals surface area (Å²) in [6, 6.07) is 15.8. The predicted molar refractivity (Wildman–Crippen MR) is 108 cm³/mol. The van der Waals surface area contributed by atoms with Gasteiger partial charge in [0.2, 0.25) is 11.5 Å². The van der Waals surface area contributed by atoms with Gasteiger partial charge in [0.15, 0.2) is 5.76 Å². The van der Waals surface area contributed by atoms with Gasteiger partial charge in [-0.05, 0) is 46.9 Å². The molecule has 5 nitrogen and oxygen atoms in total. The minimum Gasteiger partial charge on any atom is -0.457 e. The smallest absolute Gasteiger partial charge is 0.379 e. The summed E-state index contributed by atoms with van der Waals surface area (Å²) >= 11 is 0. The van der Waals surface area contributed by atoms with Crippen LogP contribution in [0.25, 0.3) is 6.08 Å². The van der Waals surface area contributed by atoms with Gasteiger partial charge in [-0.25, -0.2) is 4.79 Å². The average molecular weight is 388 g/mol. The van der Waals surface area contributed by atoms with Gasteiger partial charge in [0.1, 0.15) is 11.5 Å². The summed E-state index contributed by atoms with van der Waals surface area (Å²) in [6.07, 6.45) is 3.11. The van der Waals surface area contributed by atoms with Gasteiger partial charge in [0.05, 0.1) is 11.8 Å². The lowest BCUT2D eigenvalue weighted by molar-refractivity contribution is 0.0701. The second-order valence-electron chi connectivity index (χ2n) is 7.84. The highest BCUT2D eigenvalue weighted by Gasteiger charge is 2.28. The van der Waals surface area contributed by atoms with Crippen molar-refractivity contribution >= 4 is 17.8 Å². The van der Waals surface area contributed by atoms with Gasteiger partial charge in [-0.3, -0.25) is 4.79 Å². The van der Waals surface area contributed by atoms with E-state index in [-0.39, 0.29) is 28.5 Å². The number of Topliss-reactive ketones (excluding diaryl/α,β-unsaturated/α-hetero) is 1. The highest BCUT2D eigenvalue weighted by molar-refractivity contribution is 6.14. The average Bonchev–Trinajstić information content (AvgIpc) is 3.31. The maximum atomic E-state index is 12.6. The summed E-state index contributed by atoms with van der Waals surface area (Å²) in [4.78, 5) is 24.6. The summed E-state index contributed by atoms with van der Waals surface area (Å²) in [5.41, 5.74) is 2.58. The van der Waals surface area contributed by atoms with Crippen molar-refractivity contribution in [1.29, 1.82) is 0 Å². The minimum atomic E-state index is -0.617. The van der Waals surface area contributed by atoms with Gasteiger partial charge in [-0.15, -0.1) is 0 Å². The number of esters is 1. The number of fused-ring (bicyclic) bond motifs is 1. The molecule has 2 aromatic carbocycles. The lowest BCUT2D eigenvalue weighted by Crippen LogP contribution is -2.10. The zero-order chi connectivity index (χ0) is 20.6. The molecule has 0 radical (unpaired) electrons. The number of ketones is 1. The lowest BCUT2D eigenvalue weighted by atomic mass is 9.86. The highest BCUT2D eigenvalue weighted by Crippen LogP contribution is 2.35. The standard InChI is InChI=1S/C24H20O5/c1-24(2,3)16-8-6-15(7-9-16)13-21-22(25)18-11-10-17(14-20(18)29-21)28-23(26)19-5-4-12-27-19/h4-14H,1-3H3/b21-13+. The molecule has 4 rings (SSSR count). The Morgan fingerprint density at radius 1 is 1.03 bits per heavy atom. The van der Waals surface area contributed by atoms with E-state index in [9.17, 15) is 9.59 Å². The number of hydrogen-bond donors (Lipinski definition) is 0. The normalized spacial score (nSPS) is 14.6. The molecule has 0 spiro atoms. The van der Waals surface area contributed by atoms with Crippen LogP contribution in [0.15, 0.2) is 71.0 Å². The largest absolute Gasteiger partial charge is 0.457 e. The second kappa shape index (κ2) is 7.09. The van der Waals surface area contributed by atoms with Crippen LogP contribution in [0, 0.1) is 0 Å². The Morgan fingerprint density at radius 2 is 1.79 bits per heavy atom. The van der Waals surface area contributed by atoms with Crippen LogP contribution >= 0.6 is 0 Å². The third-order valence-corrected chi connectivity index (χ3v) is 4.65. The zero-order valence-electron chi connectivity index (χ0n) is 16.4. The molecule has 0 bridgehead atoms. The first-order chi connectivity index (χ1) is 13.8. The fourth-order valence-corrected chi connectivity index (χ4v) is 3.01. The van der Waals surface area contributed by atoms with Crippen molar-refractivity contribution in [2.24, 2.45) is 0 Å². The van der Waals surface area contributed by atoms with Crippen molar-refractivity contribution in [1.82, 2.24) is 0 Å². The summed E-state index contributed by atoms with van der Waals surface area (Å²) in [5.74, 6) is 0.142. The van der Waals surface area contributed by atoms with Crippen LogP contribution in [0.2, 0.25) is 0 Å². The van der Waals surface area contributed by atoms with Crippen LogP contribution in [-0.2, 0) is 5.41 Å². The number of hydrogen-bond acceptors (Lipinski definition) is 5. The zero-order valence-corrected chi connectivity index (χ0v) is 16.4. The van der Waals surface area contributed by atoms with Crippen molar-refractivity contribution in [2.75, 3.05) is 0 Å². The Kier molecular flexibility index (Phi) is 4.59. The number of carbonyl (C=O) groups is 2. The van der Waals surface area contributed by atoms with Gasteiger partial charge >= 0.3 is 5.97 Å². The molecule has 0 saturated heterocycles. The topological polar surface area (TPSA) is 65.7 Å². The molecule has 2 heterocycles. The fraction of sp³-hybridized carbons (Fsp3) is 0.167. The minimum absolute atomic E-state index is 0.0606. The molecule has 1 aromatic heterocycles. The van der Waals surface area contributed by atoms with Crippen molar-refractivity contribution < 1.29 is 23.5 Å². The molecular weight excluding hydrogens is 368 g/mol. The number of furan rings is 1. The summed E-state index contributed by atoms with van der Waals surface area (Å²) in [7, 11) is 0. The van der Waals surface area contributed by atoms with Crippen LogP contribution in [-0.4, -0.2) is 11.8 Å². The van der Waals surface area contributed by atoms with E-state index >= 15 is 0 Å². The Hall–Kier alpha value is -3.60. The fourth-order valence-electron chi connectivity index (χ4n) is 3.01. The highest BCUT2D eigenvalue weighted by atomic mass is 16.5. The maximum absolute atomic E-state index is 12.6. The van der Waals surface area contributed by atoms with E-state index in [1.807, 2.05) is 24.3 Å². The predicted octanol–water partition coefficient (Wildman–Crippen LogP) is 5.41. The molecule has 0 aliphatic carbocycles. The molecule has 29 heavy (non-hydrogen) atoms. The number of rotatable bonds is 3. The molecule has 0 saturated carbocycles. The summed E-state index contributed by atoms with van der Waals surface area (Å²) in [6.45, 7) is 6.45. The molecule has 146 valence electrons. The Labute approximate surface area is 168 Å². The van der Waals surface area contributed by atoms with Crippen molar-refractivity contribution in [2.45, 2.75) is 26.2 Å². The third kappa shape index (κ3) is 3.85. The first-order valence-electron chi connectivity index (χ1n) is 9.26. The Morgan fingerprint density at radius 3 is 2.45 bits per heavy atom. The monoisotopic (exact) mass is 388 g/mol. The van der Waals surface area contributed by atoms with Gasteiger partial charge in [0.25, 0.3) is 0 Å². The maximum Gasteiger partial charge on any atom is 0.379 e. The molecule has 1 aliphatic heterocycles. The van der Waals surface area contributed by atoms with E-state index < -0.39 is 5.97 Å². The van der Waals surface area contributed by atoms with Crippen LogP contribution in [0.4, 0.5) is 0 Å². The van der Waals surface area contributed by atoms with Crippen molar-refractivity contribution in [3.05, 3.63) is 89.1 Å². The second-order valence-corrected chi connectivity index (χ2v) is 7.84. The van der Waals surface area contributed by atoms with E-state index in [4.69, 9.17) is 13.9 Å². The molecule has 0 unspecified atom stereocenters. The quantitative estimate of drug-likeness (QED) is 0.341. The van der Waals surface area contributed by atoms with E-state index in [1.165, 1.54) is 24.0 Å². The first-order valence-corrected chi connectivity index (χ1v) is 9.26. The molecule has 0 fully saturated rings. The lowest BCUT2D eigenvalue weighted by Gasteiger charge is -2.18. The molecule has 0 atom stereocenters. The molecular formula is C24H20O5. The van der Waals surface area contributed by atoms with Crippen LogP contribution in [0.1, 0.15) is 52.8 Å². The van der Waals surface area contributed by atoms with E-state index in [0.29, 0.717) is 11.3 Å². The SMILES string of the molecule is CC(C)(C)c1ccc(/C=C2/Oc3cc(OC(=O)c4ccco4)ccc3C2=O)cc1. The van der Waals surface area contributed by atoms with Gasteiger partial charge in [-0.1, -0.05) is 45.0 Å². The van der Waals surface area contributed by atoms with Gasteiger partial charge < -0.3 is 13.9 Å². The summed E-state index contributed by atoms with van der Waals surface area (Å²) < 4.78 is 16.0. The van der Waals surface area contributed by atoms with E-state index in [2.05, 4.69) is 20.8 Å². The van der Waals surface area contributed by atoms with Crippen LogP contribution in [0.5, 0.6) is 11.5 Å². The van der Waals surface area contributed by atoms with Crippen LogP contribution < -0.4 is 9.47 Å².